The Morgan fingerprint density at radius 2 is 1.78 bits per heavy atom. The lowest BCUT2D eigenvalue weighted by Crippen LogP contribution is -2.34. The second-order valence-corrected chi connectivity index (χ2v) is 4.90. The Hall–Kier alpha value is -1.22. The number of ether oxygens (including phenoxy) is 2. The topological polar surface area (TPSA) is 30.5 Å². The van der Waals surface area contributed by atoms with E-state index in [1.807, 2.05) is 6.07 Å². The third-order valence-electron chi connectivity index (χ3n) is 3.97. The fourth-order valence-electron chi connectivity index (χ4n) is 2.96. The predicted octanol–water partition coefficient (Wildman–Crippen LogP) is 2.95. The van der Waals surface area contributed by atoms with Crippen LogP contribution in [0.15, 0.2) is 18.2 Å². The van der Waals surface area contributed by atoms with Crippen molar-refractivity contribution in [2.45, 2.75) is 37.6 Å². The lowest BCUT2D eigenvalue weighted by Gasteiger charge is -2.32. The van der Waals surface area contributed by atoms with E-state index >= 15 is 0 Å². The van der Waals surface area contributed by atoms with Crippen LogP contribution in [0.3, 0.4) is 0 Å². The predicted molar refractivity (Wildman–Crippen MR) is 73.6 cm³/mol. The summed E-state index contributed by atoms with van der Waals surface area (Å²) in [5.41, 5.74) is 1.35. The van der Waals surface area contributed by atoms with E-state index in [0.29, 0.717) is 12.0 Å². The van der Waals surface area contributed by atoms with Gasteiger partial charge in [0.2, 0.25) is 0 Å². The van der Waals surface area contributed by atoms with Crippen molar-refractivity contribution < 1.29 is 9.47 Å². The highest BCUT2D eigenvalue weighted by Gasteiger charge is 2.25. The van der Waals surface area contributed by atoms with Crippen LogP contribution < -0.4 is 14.8 Å². The summed E-state index contributed by atoms with van der Waals surface area (Å²) in [6, 6.07) is 6.88. The maximum absolute atomic E-state index is 5.39. The summed E-state index contributed by atoms with van der Waals surface area (Å²) in [7, 11) is 5.43. The van der Waals surface area contributed by atoms with Crippen molar-refractivity contribution >= 4 is 0 Å². The van der Waals surface area contributed by atoms with Gasteiger partial charge in [-0.1, -0.05) is 18.9 Å². The fraction of sp³-hybridized carbons (Fsp3) is 0.600. The van der Waals surface area contributed by atoms with Crippen LogP contribution in [0.5, 0.6) is 11.5 Å². The molecule has 0 radical (unpaired) electrons. The maximum atomic E-state index is 5.39. The van der Waals surface area contributed by atoms with Gasteiger partial charge in [0.05, 0.1) is 14.2 Å². The van der Waals surface area contributed by atoms with E-state index in [1.54, 1.807) is 14.2 Å². The van der Waals surface area contributed by atoms with Gasteiger partial charge in [0.15, 0.2) is 11.5 Å². The first-order chi connectivity index (χ1) is 8.80. The number of nitrogens with one attached hydrogen (secondary N) is 1. The smallest absolute Gasteiger partial charge is 0.160 e. The first-order valence-electron chi connectivity index (χ1n) is 6.69. The molecule has 3 heteroatoms. The Morgan fingerprint density at radius 3 is 2.44 bits per heavy atom. The Kier molecular flexibility index (Phi) is 4.48. The Bertz CT molecular complexity index is 392. The normalized spacial score (nSPS) is 23.7. The molecule has 3 nitrogen and oxygen atoms in total. The summed E-state index contributed by atoms with van der Waals surface area (Å²) >= 11 is 0. The summed E-state index contributed by atoms with van der Waals surface area (Å²) in [5.74, 6) is 2.22. The molecule has 0 spiro atoms. The van der Waals surface area contributed by atoms with Crippen LogP contribution in [0.1, 0.15) is 37.2 Å². The summed E-state index contributed by atoms with van der Waals surface area (Å²) in [6.45, 7) is 0. The van der Waals surface area contributed by atoms with Crippen LogP contribution in [0.2, 0.25) is 0 Å². The molecule has 1 aromatic carbocycles. The lowest BCUT2D eigenvalue weighted by molar-refractivity contribution is 0.337. The number of likely N-dealkylation sites (N-methyl/N-ethyl adjacent to an activating group) is 1. The molecule has 0 amide bonds. The third kappa shape index (κ3) is 2.61. The molecule has 2 atom stereocenters. The Labute approximate surface area is 109 Å². The van der Waals surface area contributed by atoms with Crippen molar-refractivity contribution in [3.05, 3.63) is 23.8 Å². The second kappa shape index (κ2) is 6.10. The second-order valence-electron chi connectivity index (χ2n) is 4.90. The highest BCUT2D eigenvalue weighted by Crippen LogP contribution is 2.37. The maximum Gasteiger partial charge on any atom is 0.160 e. The summed E-state index contributed by atoms with van der Waals surface area (Å²) in [5, 5.41) is 3.45. The summed E-state index contributed by atoms with van der Waals surface area (Å²) in [6.07, 6.45) is 5.16. The molecule has 0 saturated heterocycles. The number of hydrogen-bond donors (Lipinski definition) is 1. The van der Waals surface area contributed by atoms with Crippen molar-refractivity contribution in [1.82, 2.24) is 5.32 Å². The molecule has 1 saturated carbocycles. The fourth-order valence-corrected chi connectivity index (χ4v) is 2.96. The highest BCUT2D eigenvalue weighted by atomic mass is 16.5. The number of hydrogen-bond acceptors (Lipinski definition) is 3. The van der Waals surface area contributed by atoms with Crippen molar-refractivity contribution in [2.75, 3.05) is 21.3 Å². The van der Waals surface area contributed by atoms with Gasteiger partial charge in [0.1, 0.15) is 0 Å². The van der Waals surface area contributed by atoms with E-state index in [-0.39, 0.29) is 0 Å². The largest absolute Gasteiger partial charge is 0.493 e. The molecule has 100 valence electrons. The van der Waals surface area contributed by atoms with Crippen molar-refractivity contribution in [2.24, 2.45) is 0 Å². The average molecular weight is 249 g/mol. The quantitative estimate of drug-likeness (QED) is 0.890. The molecule has 1 aliphatic carbocycles. The number of rotatable bonds is 4. The molecular weight excluding hydrogens is 226 g/mol. The summed E-state index contributed by atoms with van der Waals surface area (Å²) in [4.78, 5) is 0. The molecule has 1 fully saturated rings. The molecule has 0 bridgehead atoms. The molecule has 0 aromatic heterocycles. The Balaban J connectivity index is 2.26. The van der Waals surface area contributed by atoms with E-state index in [0.717, 1.165) is 11.5 Å². The molecule has 1 aliphatic rings. The zero-order valence-corrected chi connectivity index (χ0v) is 11.5. The van der Waals surface area contributed by atoms with E-state index < -0.39 is 0 Å². The van der Waals surface area contributed by atoms with E-state index in [4.69, 9.17) is 9.47 Å². The molecule has 2 rings (SSSR count). The van der Waals surface area contributed by atoms with E-state index in [9.17, 15) is 0 Å². The van der Waals surface area contributed by atoms with Crippen LogP contribution in [0.4, 0.5) is 0 Å². The average Bonchev–Trinajstić information content (AvgIpc) is 2.46. The zero-order valence-electron chi connectivity index (χ0n) is 11.5. The zero-order chi connectivity index (χ0) is 13.0. The van der Waals surface area contributed by atoms with E-state index in [1.165, 1.54) is 31.2 Å². The van der Waals surface area contributed by atoms with Crippen LogP contribution in [0.25, 0.3) is 0 Å². The van der Waals surface area contributed by atoms with Gasteiger partial charge in [0.25, 0.3) is 0 Å². The molecule has 18 heavy (non-hydrogen) atoms. The van der Waals surface area contributed by atoms with Gasteiger partial charge in [-0.15, -0.1) is 0 Å². The molecule has 1 aromatic rings. The van der Waals surface area contributed by atoms with Gasteiger partial charge in [-0.25, -0.2) is 0 Å². The monoisotopic (exact) mass is 249 g/mol. The molecule has 0 aliphatic heterocycles. The van der Waals surface area contributed by atoms with E-state index in [2.05, 4.69) is 24.5 Å². The highest BCUT2D eigenvalue weighted by molar-refractivity contribution is 5.44. The van der Waals surface area contributed by atoms with Crippen molar-refractivity contribution in [3.63, 3.8) is 0 Å². The van der Waals surface area contributed by atoms with Crippen molar-refractivity contribution in [1.29, 1.82) is 0 Å². The first-order valence-corrected chi connectivity index (χ1v) is 6.69. The van der Waals surface area contributed by atoms with Gasteiger partial charge in [-0.05, 0) is 43.5 Å². The van der Waals surface area contributed by atoms with Crippen LogP contribution in [-0.2, 0) is 0 Å². The SMILES string of the molecule is CNC1CCCCC1c1ccc(OC)c(OC)c1. The van der Waals surface area contributed by atoms with Gasteiger partial charge in [-0.2, -0.15) is 0 Å². The van der Waals surface area contributed by atoms with Crippen LogP contribution in [0, 0.1) is 0 Å². The lowest BCUT2D eigenvalue weighted by atomic mass is 9.80. The minimum atomic E-state index is 0.580. The third-order valence-corrected chi connectivity index (χ3v) is 3.97. The summed E-state index contributed by atoms with van der Waals surface area (Å²) < 4.78 is 10.7. The standard InChI is InChI=1S/C15H23NO2/c1-16-13-7-5-4-6-12(13)11-8-9-14(17-2)15(10-11)18-3/h8-10,12-13,16H,4-7H2,1-3H3. The molecule has 0 heterocycles. The van der Waals surface area contributed by atoms with Gasteiger partial charge in [-0.3, -0.25) is 0 Å². The van der Waals surface area contributed by atoms with Gasteiger partial charge in [0, 0.05) is 6.04 Å². The van der Waals surface area contributed by atoms with Gasteiger partial charge < -0.3 is 14.8 Å². The molecule has 1 N–H and O–H groups in total. The van der Waals surface area contributed by atoms with Crippen LogP contribution >= 0.6 is 0 Å². The minimum absolute atomic E-state index is 0.580. The van der Waals surface area contributed by atoms with Crippen LogP contribution in [-0.4, -0.2) is 27.3 Å². The first kappa shape index (κ1) is 13.2. The molecular formula is C15H23NO2. The Morgan fingerprint density at radius 1 is 1.06 bits per heavy atom. The minimum Gasteiger partial charge on any atom is -0.493 e. The number of benzene rings is 1. The number of methoxy groups -OCH3 is 2. The van der Waals surface area contributed by atoms with Gasteiger partial charge >= 0.3 is 0 Å². The van der Waals surface area contributed by atoms with Crippen molar-refractivity contribution in [3.8, 4) is 11.5 Å². The molecule has 2 unspecified atom stereocenters.